The van der Waals surface area contributed by atoms with Gasteiger partial charge in [0.1, 0.15) is 5.75 Å². The number of rotatable bonds is 5. The number of hydrogen-bond acceptors (Lipinski definition) is 2. The minimum atomic E-state index is -0.143. The molecule has 2 aromatic rings. The summed E-state index contributed by atoms with van der Waals surface area (Å²) in [5, 5.41) is 2.84. The number of carbonyl (C=O) groups is 1. The van der Waals surface area contributed by atoms with Crippen LogP contribution in [0.3, 0.4) is 0 Å². The second kappa shape index (κ2) is 7.29. The summed E-state index contributed by atoms with van der Waals surface area (Å²) in [6, 6.07) is 15.4. The Morgan fingerprint density at radius 2 is 1.76 bits per heavy atom. The lowest BCUT2D eigenvalue weighted by molar-refractivity contribution is -0.111. The monoisotopic (exact) mass is 281 g/mol. The molecule has 0 fully saturated rings. The summed E-state index contributed by atoms with van der Waals surface area (Å²) in [6.07, 6.45) is 4.29. The normalized spacial score (nSPS) is 10.6. The molecule has 3 nitrogen and oxygen atoms in total. The van der Waals surface area contributed by atoms with Gasteiger partial charge >= 0.3 is 0 Å². The third-order valence-electron chi connectivity index (χ3n) is 3.17. The fourth-order valence-corrected chi connectivity index (χ4v) is 1.89. The molecule has 0 heterocycles. The van der Waals surface area contributed by atoms with Crippen molar-refractivity contribution in [3.63, 3.8) is 0 Å². The van der Waals surface area contributed by atoms with Crippen LogP contribution in [0.2, 0.25) is 0 Å². The van der Waals surface area contributed by atoms with Crippen molar-refractivity contribution in [2.24, 2.45) is 0 Å². The van der Waals surface area contributed by atoms with E-state index in [1.165, 1.54) is 11.6 Å². The van der Waals surface area contributed by atoms with Crippen LogP contribution < -0.4 is 10.1 Å². The van der Waals surface area contributed by atoms with Crippen LogP contribution >= 0.6 is 0 Å². The van der Waals surface area contributed by atoms with E-state index in [0.29, 0.717) is 0 Å². The molecule has 21 heavy (non-hydrogen) atoms. The highest BCUT2D eigenvalue weighted by Gasteiger charge is 1.98. The Morgan fingerprint density at radius 1 is 1.10 bits per heavy atom. The highest BCUT2D eigenvalue weighted by molar-refractivity contribution is 6.01. The fraction of sp³-hybridized carbons (Fsp3) is 0.167. The van der Waals surface area contributed by atoms with Gasteiger partial charge < -0.3 is 10.1 Å². The highest BCUT2D eigenvalue weighted by Crippen LogP contribution is 2.13. The maximum atomic E-state index is 11.8. The molecule has 108 valence electrons. The molecule has 0 saturated heterocycles. The lowest BCUT2D eigenvalue weighted by Crippen LogP contribution is -2.07. The van der Waals surface area contributed by atoms with E-state index in [0.717, 1.165) is 23.4 Å². The second-order valence-corrected chi connectivity index (χ2v) is 4.65. The zero-order valence-electron chi connectivity index (χ0n) is 12.3. The van der Waals surface area contributed by atoms with E-state index in [1.54, 1.807) is 13.2 Å². The summed E-state index contributed by atoms with van der Waals surface area (Å²) in [6.45, 7) is 2.10. The number of aryl methyl sites for hydroxylation is 1. The van der Waals surface area contributed by atoms with Gasteiger partial charge in [-0.3, -0.25) is 4.79 Å². The van der Waals surface area contributed by atoms with Crippen molar-refractivity contribution in [2.45, 2.75) is 13.3 Å². The van der Waals surface area contributed by atoms with Gasteiger partial charge in [-0.1, -0.05) is 31.2 Å². The number of amides is 1. The summed E-state index contributed by atoms with van der Waals surface area (Å²) in [7, 11) is 1.63. The van der Waals surface area contributed by atoms with Gasteiger partial charge in [0.2, 0.25) is 5.91 Å². The molecule has 0 unspecified atom stereocenters. The third kappa shape index (κ3) is 4.49. The zero-order chi connectivity index (χ0) is 15.1. The van der Waals surface area contributed by atoms with E-state index in [9.17, 15) is 4.79 Å². The van der Waals surface area contributed by atoms with Crippen LogP contribution in [0.15, 0.2) is 54.6 Å². The Balaban J connectivity index is 1.94. The molecule has 1 N–H and O–H groups in total. The highest BCUT2D eigenvalue weighted by atomic mass is 16.5. The average molecular weight is 281 g/mol. The quantitative estimate of drug-likeness (QED) is 0.844. The average Bonchev–Trinajstić information content (AvgIpc) is 2.54. The minimum Gasteiger partial charge on any atom is -0.497 e. The van der Waals surface area contributed by atoms with Crippen molar-refractivity contribution < 1.29 is 9.53 Å². The summed E-state index contributed by atoms with van der Waals surface area (Å²) >= 11 is 0. The van der Waals surface area contributed by atoms with E-state index in [1.807, 2.05) is 48.5 Å². The molecule has 3 heteroatoms. The molecule has 0 bridgehead atoms. The van der Waals surface area contributed by atoms with Crippen LogP contribution in [-0.4, -0.2) is 13.0 Å². The predicted octanol–water partition coefficient (Wildman–Crippen LogP) is 3.91. The van der Waals surface area contributed by atoms with Gasteiger partial charge in [0.25, 0.3) is 0 Å². The Hall–Kier alpha value is -2.55. The molecule has 0 aromatic heterocycles. The van der Waals surface area contributed by atoms with Gasteiger partial charge in [-0.2, -0.15) is 0 Å². The van der Waals surface area contributed by atoms with Gasteiger partial charge in [-0.25, -0.2) is 0 Å². The molecule has 0 spiro atoms. The molecular formula is C18H19NO2. The van der Waals surface area contributed by atoms with Crippen molar-refractivity contribution in [2.75, 3.05) is 12.4 Å². The second-order valence-electron chi connectivity index (χ2n) is 4.65. The molecule has 1 amide bonds. The van der Waals surface area contributed by atoms with Crippen molar-refractivity contribution in [1.29, 1.82) is 0 Å². The molecule has 0 aliphatic rings. The smallest absolute Gasteiger partial charge is 0.248 e. The molecule has 0 saturated carbocycles. The summed E-state index contributed by atoms with van der Waals surface area (Å²) < 4.78 is 5.09. The Kier molecular flexibility index (Phi) is 5.16. The fourth-order valence-electron chi connectivity index (χ4n) is 1.89. The number of anilines is 1. The van der Waals surface area contributed by atoms with E-state index in [2.05, 4.69) is 12.2 Å². The summed E-state index contributed by atoms with van der Waals surface area (Å²) in [5.41, 5.74) is 3.01. The van der Waals surface area contributed by atoms with Gasteiger partial charge in [0, 0.05) is 11.8 Å². The molecule has 2 aromatic carbocycles. The Labute approximate surface area is 125 Å². The van der Waals surface area contributed by atoms with Crippen LogP contribution in [0.4, 0.5) is 5.69 Å². The van der Waals surface area contributed by atoms with Crippen molar-refractivity contribution in [3.8, 4) is 5.75 Å². The summed E-state index contributed by atoms with van der Waals surface area (Å²) in [4.78, 5) is 11.8. The molecule has 0 atom stereocenters. The number of benzene rings is 2. The Morgan fingerprint density at radius 3 is 2.33 bits per heavy atom. The first kappa shape index (κ1) is 14.9. The first-order valence-electron chi connectivity index (χ1n) is 6.93. The van der Waals surface area contributed by atoms with Gasteiger partial charge in [-0.15, -0.1) is 0 Å². The molecule has 0 aliphatic carbocycles. The Bertz CT molecular complexity index is 613. The minimum absolute atomic E-state index is 0.143. The lowest BCUT2D eigenvalue weighted by atomic mass is 10.1. The molecular weight excluding hydrogens is 262 g/mol. The van der Waals surface area contributed by atoms with Crippen molar-refractivity contribution in [3.05, 3.63) is 65.7 Å². The molecule has 0 radical (unpaired) electrons. The van der Waals surface area contributed by atoms with E-state index < -0.39 is 0 Å². The number of ether oxygens (including phenoxy) is 1. The van der Waals surface area contributed by atoms with Crippen LogP contribution in [0.25, 0.3) is 6.08 Å². The van der Waals surface area contributed by atoms with Gasteiger partial charge in [0.15, 0.2) is 0 Å². The number of methoxy groups -OCH3 is 1. The third-order valence-corrected chi connectivity index (χ3v) is 3.17. The number of nitrogens with one attached hydrogen (secondary N) is 1. The van der Waals surface area contributed by atoms with E-state index in [4.69, 9.17) is 4.74 Å². The van der Waals surface area contributed by atoms with Crippen LogP contribution in [0.5, 0.6) is 5.75 Å². The number of hydrogen-bond donors (Lipinski definition) is 1. The largest absolute Gasteiger partial charge is 0.497 e. The lowest BCUT2D eigenvalue weighted by Gasteiger charge is -2.03. The predicted molar refractivity (Wildman–Crippen MR) is 86.5 cm³/mol. The first-order valence-corrected chi connectivity index (χ1v) is 6.93. The molecule has 2 rings (SSSR count). The van der Waals surface area contributed by atoms with Crippen molar-refractivity contribution >= 4 is 17.7 Å². The maximum Gasteiger partial charge on any atom is 0.248 e. The van der Waals surface area contributed by atoms with E-state index in [-0.39, 0.29) is 5.91 Å². The first-order chi connectivity index (χ1) is 10.2. The van der Waals surface area contributed by atoms with Crippen molar-refractivity contribution in [1.82, 2.24) is 0 Å². The number of carbonyl (C=O) groups excluding carboxylic acids is 1. The van der Waals surface area contributed by atoms with Crippen LogP contribution in [0.1, 0.15) is 18.1 Å². The topological polar surface area (TPSA) is 38.3 Å². The zero-order valence-corrected chi connectivity index (χ0v) is 12.3. The SMILES string of the molecule is CCc1ccc(NC(=O)C=Cc2ccc(OC)cc2)cc1. The maximum absolute atomic E-state index is 11.8. The van der Waals surface area contributed by atoms with Gasteiger partial charge in [-0.05, 0) is 47.9 Å². The van der Waals surface area contributed by atoms with E-state index >= 15 is 0 Å². The standard InChI is InChI=1S/C18H19NO2/c1-3-14-4-9-16(10-5-14)19-18(20)13-8-15-6-11-17(21-2)12-7-15/h4-13H,3H2,1-2H3,(H,19,20). The summed E-state index contributed by atoms with van der Waals surface area (Å²) in [5.74, 6) is 0.655. The van der Waals surface area contributed by atoms with Crippen LogP contribution in [0, 0.1) is 0 Å². The molecule has 0 aliphatic heterocycles. The van der Waals surface area contributed by atoms with Crippen LogP contribution in [-0.2, 0) is 11.2 Å². The van der Waals surface area contributed by atoms with Gasteiger partial charge in [0.05, 0.1) is 7.11 Å².